The fourth-order valence-corrected chi connectivity index (χ4v) is 4.94. The number of likely N-dealkylation sites (tertiary alicyclic amines) is 1. The molecule has 1 fully saturated rings. The number of nitrogen functional groups attached to an aromatic ring is 1. The average molecular weight is 503 g/mol. The molecule has 0 bridgehead atoms. The minimum Gasteiger partial charge on any atom is -0.469 e. The Morgan fingerprint density at radius 2 is 1.81 bits per heavy atom. The number of esters is 1. The molecule has 7 nitrogen and oxygen atoms in total. The van der Waals surface area contributed by atoms with Gasteiger partial charge in [0.05, 0.1) is 42.9 Å². The number of hydrogen-bond donors (Lipinski definition) is 1. The number of amides is 1. The number of methoxy groups -OCH3 is 1. The van der Waals surface area contributed by atoms with E-state index < -0.39 is 41.3 Å². The van der Waals surface area contributed by atoms with Crippen LogP contribution in [0.4, 0.5) is 23.4 Å². The van der Waals surface area contributed by atoms with Crippen LogP contribution in [-0.2, 0) is 33.7 Å². The van der Waals surface area contributed by atoms with Gasteiger partial charge in [0, 0.05) is 36.0 Å². The highest BCUT2D eigenvalue weighted by Gasteiger charge is 2.42. The van der Waals surface area contributed by atoms with Crippen molar-refractivity contribution in [3.05, 3.63) is 70.0 Å². The number of alkyl halides is 3. The Bertz CT molecular complexity index is 1370. The van der Waals surface area contributed by atoms with Crippen LogP contribution >= 0.6 is 0 Å². The van der Waals surface area contributed by atoms with Crippen LogP contribution in [0.3, 0.4) is 0 Å². The minimum absolute atomic E-state index is 0.00263. The second-order valence-electron chi connectivity index (χ2n) is 8.86. The molecule has 2 aromatic carbocycles. The number of carbonyl (C=O) groups is 2. The standard InChI is InChI=1S/C25H21F4N3O4/c1-35-24(34)17-9-32(8-16(17)12-2-4-13(5-3-12)25(27,28)29)23(33)15-6-14-18-10-36-11-19(18)22(30)31-21(14)7-20(15)26/h2-7,16-17H,8-11H2,1H3,(H2,30,31)/t16-,17+/m1/s1. The number of aromatic nitrogens is 1. The van der Waals surface area contributed by atoms with E-state index in [0.29, 0.717) is 22.0 Å². The largest absolute Gasteiger partial charge is 0.469 e. The Morgan fingerprint density at radius 1 is 1.11 bits per heavy atom. The van der Waals surface area contributed by atoms with Crippen LogP contribution in [0.25, 0.3) is 10.9 Å². The van der Waals surface area contributed by atoms with Crippen molar-refractivity contribution in [2.24, 2.45) is 5.92 Å². The van der Waals surface area contributed by atoms with Gasteiger partial charge in [0.1, 0.15) is 11.6 Å². The van der Waals surface area contributed by atoms with Crippen molar-refractivity contribution in [2.75, 3.05) is 25.9 Å². The molecule has 5 rings (SSSR count). The molecule has 0 saturated carbocycles. The van der Waals surface area contributed by atoms with Gasteiger partial charge in [-0.1, -0.05) is 12.1 Å². The van der Waals surface area contributed by atoms with E-state index in [-0.39, 0.29) is 37.7 Å². The molecule has 0 aliphatic carbocycles. The molecule has 1 saturated heterocycles. The number of ether oxygens (including phenoxy) is 2. The third-order valence-electron chi connectivity index (χ3n) is 6.83. The van der Waals surface area contributed by atoms with Gasteiger partial charge >= 0.3 is 12.1 Å². The van der Waals surface area contributed by atoms with Crippen LogP contribution in [0.5, 0.6) is 0 Å². The summed E-state index contributed by atoms with van der Waals surface area (Å²) in [5, 5.41) is 0.546. The number of anilines is 1. The highest BCUT2D eigenvalue weighted by atomic mass is 19.4. The molecular formula is C25H21F4N3O4. The lowest BCUT2D eigenvalue weighted by atomic mass is 9.88. The second-order valence-corrected chi connectivity index (χ2v) is 8.86. The monoisotopic (exact) mass is 503 g/mol. The molecule has 1 amide bonds. The summed E-state index contributed by atoms with van der Waals surface area (Å²) in [4.78, 5) is 31.4. The minimum atomic E-state index is -4.50. The van der Waals surface area contributed by atoms with Crippen LogP contribution in [0.1, 0.15) is 38.5 Å². The van der Waals surface area contributed by atoms with E-state index in [0.717, 1.165) is 23.8 Å². The maximum Gasteiger partial charge on any atom is 0.416 e. The number of rotatable bonds is 3. The number of halogens is 4. The lowest BCUT2D eigenvalue weighted by molar-refractivity contribution is -0.145. The molecule has 3 aromatic rings. The zero-order chi connectivity index (χ0) is 25.8. The van der Waals surface area contributed by atoms with Gasteiger partial charge in [0.25, 0.3) is 5.91 Å². The molecule has 0 spiro atoms. The predicted octanol–water partition coefficient (Wildman–Crippen LogP) is 4.03. The van der Waals surface area contributed by atoms with E-state index in [2.05, 4.69) is 4.98 Å². The first kappa shape index (κ1) is 24.0. The average Bonchev–Trinajstić information content (AvgIpc) is 3.51. The number of hydrogen-bond acceptors (Lipinski definition) is 6. The summed E-state index contributed by atoms with van der Waals surface area (Å²) in [6.45, 7) is 0.451. The van der Waals surface area contributed by atoms with Gasteiger partial charge in [-0.25, -0.2) is 9.37 Å². The van der Waals surface area contributed by atoms with Crippen LogP contribution in [-0.4, -0.2) is 42.0 Å². The van der Waals surface area contributed by atoms with Crippen LogP contribution in [0.15, 0.2) is 36.4 Å². The van der Waals surface area contributed by atoms with Crippen molar-refractivity contribution >= 4 is 28.6 Å². The number of carbonyl (C=O) groups excluding carboxylic acids is 2. The number of pyridine rings is 1. The van der Waals surface area contributed by atoms with Gasteiger partial charge in [-0.15, -0.1) is 0 Å². The lowest BCUT2D eigenvalue weighted by Crippen LogP contribution is -2.30. The molecule has 2 N–H and O–H groups in total. The fraction of sp³-hybridized carbons (Fsp3) is 0.320. The van der Waals surface area contributed by atoms with Gasteiger partial charge in [0.15, 0.2) is 0 Å². The van der Waals surface area contributed by atoms with Crippen molar-refractivity contribution in [1.29, 1.82) is 0 Å². The lowest BCUT2D eigenvalue weighted by Gasteiger charge is -2.18. The Labute approximate surface area is 202 Å². The summed E-state index contributed by atoms with van der Waals surface area (Å²) in [5.74, 6) is -3.25. The molecule has 2 aliphatic rings. The molecule has 2 aliphatic heterocycles. The van der Waals surface area contributed by atoms with E-state index in [1.807, 2.05) is 0 Å². The molecule has 2 atom stereocenters. The molecule has 188 valence electrons. The van der Waals surface area contributed by atoms with Crippen molar-refractivity contribution in [1.82, 2.24) is 9.88 Å². The number of fused-ring (bicyclic) bond motifs is 3. The van der Waals surface area contributed by atoms with Crippen molar-refractivity contribution in [2.45, 2.75) is 25.3 Å². The first-order valence-electron chi connectivity index (χ1n) is 11.1. The molecule has 11 heteroatoms. The van der Waals surface area contributed by atoms with Gasteiger partial charge in [-0.2, -0.15) is 13.2 Å². The van der Waals surface area contributed by atoms with Crippen molar-refractivity contribution < 1.29 is 36.6 Å². The van der Waals surface area contributed by atoms with Crippen LogP contribution in [0.2, 0.25) is 0 Å². The molecule has 36 heavy (non-hydrogen) atoms. The fourth-order valence-electron chi connectivity index (χ4n) is 4.94. The maximum atomic E-state index is 15.0. The summed E-state index contributed by atoms with van der Waals surface area (Å²) >= 11 is 0. The van der Waals surface area contributed by atoms with E-state index in [4.69, 9.17) is 15.2 Å². The van der Waals surface area contributed by atoms with Crippen molar-refractivity contribution in [3.8, 4) is 0 Å². The van der Waals surface area contributed by atoms with Crippen LogP contribution < -0.4 is 5.73 Å². The zero-order valence-electron chi connectivity index (χ0n) is 19.1. The first-order valence-corrected chi connectivity index (χ1v) is 11.1. The topological polar surface area (TPSA) is 94.8 Å². The van der Waals surface area contributed by atoms with E-state index in [9.17, 15) is 22.8 Å². The van der Waals surface area contributed by atoms with E-state index >= 15 is 4.39 Å². The Balaban J connectivity index is 1.48. The molecule has 3 heterocycles. The second kappa shape index (κ2) is 8.74. The maximum absolute atomic E-state index is 15.0. The molecule has 0 radical (unpaired) electrons. The highest BCUT2D eigenvalue weighted by molar-refractivity contribution is 6.00. The van der Waals surface area contributed by atoms with Gasteiger partial charge < -0.3 is 20.1 Å². The third kappa shape index (κ3) is 4.02. The Kier molecular flexibility index (Phi) is 5.82. The summed E-state index contributed by atoms with van der Waals surface area (Å²) in [6.07, 6.45) is -4.50. The number of nitrogens with two attached hydrogens (primary N) is 1. The smallest absolute Gasteiger partial charge is 0.416 e. The summed E-state index contributed by atoms with van der Waals surface area (Å²) in [7, 11) is 1.20. The predicted molar refractivity (Wildman–Crippen MR) is 120 cm³/mol. The highest BCUT2D eigenvalue weighted by Crippen LogP contribution is 2.38. The number of benzene rings is 2. The van der Waals surface area contributed by atoms with Gasteiger partial charge in [0.2, 0.25) is 0 Å². The van der Waals surface area contributed by atoms with Gasteiger partial charge in [-0.3, -0.25) is 9.59 Å². The molecule has 1 aromatic heterocycles. The first-order chi connectivity index (χ1) is 17.1. The number of nitrogens with zero attached hydrogens (tertiary/aromatic N) is 2. The third-order valence-corrected chi connectivity index (χ3v) is 6.83. The summed E-state index contributed by atoms with van der Waals surface area (Å²) in [5.41, 5.74) is 7.09. The quantitative estimate of drug-likeness (QED) is 0.429. The summed E-state index contributed by atoms with van der Waals surface area (Å²) < 4.78 is 64.3. The normalized spacial score (nSPS) is 19.5. The molecule has 0 unspecified atom stereocenters. The molecular weight excluding hydrogens is 482 g/mol. The van der Waals surface area contributed by atoms with E-state index in [1.54, 1.807) is 0 Å². The Morgan fingerprint density at radius 3 is 2.47 bits per heavy atom. The van der Waals surface area contributed by atoms with Gasteiger partial charge in [-0.05, 0) is 29.3 Å². The Hall–Kier alpha value is -3.73. The zero-order valence-corrected chi connectivity index (χ0v) is 19.1. The van der Waals surface area contributed by atoms with E-state index in [1.165, 1.54) is 30.2 Å². The van der Waals surface area contributed by atoms with Crippen LogP contribution in [0, 0.1) is 11.7 Å². The summed E-state index contributed by atoms with van der Waals surface area (Å²) in [6, 6.07) is 6.97. The van der Waals surface area contributed by atoms with Crippen molar-refractivity contribution in [3.63, 3.8) is 0 Å². The SMILES string of the molecule is COC(=O)[C@H]1CN(C(=O)c2cc3c4c(c(N)nc3cc2F)COC4)C[C@@H]1c1ccc(C(F)(F)F)cc1.